The molecule has 1 atom stereocenters. The van der Waals surface area contributed by atoms with Gasteiger partial charge in [0.1, 0.15) is 16.9 Å². The van der Waals surface area contributed by atoms with Gasteiger partial charge in [0, 0.05) is 68.6 Å². The van der Waals surface area contributed by atoms with Gasteiger partial charge in [-0.2, -0.15) is 0 Å². The van der Waals surface area contributed by atoms with Crippen LogP contribution < -0.4 is 21.4 Å². The van der Waals surface area contributed by atoms with Crippen molar-refractivity contribution >= 4 is 22.8 Å². The minimum absolute atomic E-state index is 0.0674. The molecule has 1 aromatic carbocycles. The molecule has 0 spiro atoms. The molecule has 10 heteroatoms. The van der Waals surface area contributed by atoms with Gasteiger partial charge in [0.25, 0.3) is 0 Å². The van der Waals surface area contributed by atoms with Crippen LogP contribution in [0.3, 0.4) is 0 Å². The van der Waals surface area contributed by atoms with Crippen LogP contribution in [-0.4, -0.2) is 59.3 Å². The van der Waals surface area contributed by atoms with E-state index in [1.54, 1.807) is 25.1 Å². The highest BCUT2D eigenvalue weighted by Gasteiger charge is 2.55. The maximum atomic E-state index is 13.2. The molecule has 5 rings (SSSR count). The number of nitrogens with two attached hydrogens (primary N) is 1. The summed E-state index contributed by atoms with van der Waals surface area (Å²) < 4.78 is 18.3. The van der Waals surface area contributed by atoms with Gasteiger partial charge in [-0.15, -0.1) is 0 Å². The molecule has 1 saturated heterocycles. The van der Waals surface area contributed by atoms with E-state index in [-0.39, 0.29) is 25.4 Å². The number of hydrogen-bond donors (Lipinski definition) is 3. The average Bonchev–Trinajstić information content (AvgIpc) is 3.24. The normalized spacial score (nSPS) is 20.6. The predicted molar refractivity (Wildman–Crippen MR) is 153 cm³/mol. The molecule has 41 heavy (non-hydrogen) atoms. The van der Waals surface area contributed by atoms with Crippen LogP contribution in [0.4, 0.5) is 0 Å². The third-order valence-electron chi connectivity index (χ3n) is 8.36. The van der Waals surface area contributed by atoms with Crippen LogP contribution in [0.1, 0.15) is 52.0 Å². The maximum Gasteiger partial charge on any atom is 0.336 e. The summed E-state index contributed by atoms with van der Waals surface area (Å²) in [5, 5.41) is 13.3. The van der Waals surface area contributed by atoms with Crippen LogP contribution in [0.15, 0.2) is 68.2 Å². The lowest BCUT2D eigenvalue weighted by atomic mass is 9.75. The number of dihydropyridines is 1. The summed E-state index contributed by atoms with van der Waals surface area (Å²) in [4.78, 5) is 39.9. The summed E-state index contributed by atoms with van der Waals surface area (Å²) in [6.07, 6.45) is 5.59. The third kappa shape index (κ3) is 5.61. The van der Waals surface area contributed by atoms with Crippen LogP contribution in [0.25, 0.3) is 11.0 Å². The standard InChI is InChI=1S/C31H37N3O7/c1-4-19(8-11-35)29(38)41-30(2,3)31(17-22-12-20-6-7-28(37)39-24(20)15-25(22)40-31)16-21-13-26(32)33-18-23(21)14-27(36)34-9-5-10-34/h4,6-7,12-13,15,33,35H,5,8-11,14,16-18,32H2,1-3H3/b19-4+/t31-/m0/s1. The summed E-state index contributed by atoms with van der Waals surface area (Å²) in [6.45, 7) is 7.12. The highest BCUT2D eigenvalue weighted by Crippen LogP contribution is 2.48. The van der Waals surface area contributed by atoms with Gasteiger partial charge in [0.15, 0.2) is 5.60 Å². The summed E-state index contributed by atoms with van der Waals surface area (Å²) in [5.41, 5.74) is 6.87. The smallest absolute Gasteiger partial charge is 0.336 e. The zero-order chi connectivity index (χ0) is 29.4. The molecule has 0 saturated carbocycles. The zero-order valence-electron chi connectivity index (χ0n) is 23.7. The zero-order valence-corrected chi connectivity index (χ0v) is 23.7. The summed E-state index contributed by atoms with van der Waals surface area (Å²) in [7, 11) is 0. The number of esters is 1. The Morgan fingerprint density at radius 2 is 2.05 bits per heavy atom. The van der Waals surface area contributed by atoms with E-state index in [2.05, 4.69) is 5.32 Å². The Bertz CT molecular complexity index is 1530. The molecule has 1 amide bonds. The summed E-state index contributed by atoms with van der Waals surface area (Å²) >= 11 is 0. The highest BCUT2D eigenvalue weighted by atomic mass is 16.6. The Labute approximate surface area is 238 Å². The number of fused-ring (bicyclic) bond motifs is 2. The number of aliphatic hydroxyl groups is 1. The lowest BCUT2D eigenvalue weighted by molar-refractivity contribution is -0.174. The first kappa shape index (κ1) is 28.5. The minimum atomic E-state index is -1.17. The number of likely N-dealkylation sites (tertiary alicyclic amines) is 1. The van der Waals surface area contributed by atoms with E-state index in [1.807, 2.05) is 30.9 Å². The maximum absolute atomic E-state index is 13.2. The predicted octanol–water partition coefficient (Wildman–Crippen LogP) is 2.83. The number of carbonyl (C=O) groups is 2. The summed E-state index contributed by atoms with van der Waals surface area (Å²) in [5.74, 6) is 0.538. The van der Waals surface area contributed by atoms with Gasteiger partial charge in [0.05, 0.1) is 12.2 Å². The van der Waals surface area contributed by atoms with E-state index in [9.17, 15) is 19.5 Å². The Kier molecular flexibility index (Phi) is 7.70. The first-order valence-corrected chi connectivity index (χ1v) is 14.0. The van der Waals surface area contributed by atoms with E-state index >= 15 is 0 Å². The van der Waals surface area contributed by atoms with Gasteiger partial charge >= 0.3 is 11.6 Å². The number of benzene rings is 1. The molecule has 0 bridgehead atoms. The topological polar surface area (TPSA) is 144 Å². The number of allylic oxidation sites excluding steroid dienone is 2. The van der Waals surface area contributed by atoms with Crippen molar-refractivity contribution in [2.45, 2.75) is 64.1 Å². The molecule has 10 nitrogen and oxygen atoms in total. The van der Waals surface area contributed by atoms with Crippen LogP contribution in [0.2, 0.25) is 0 Å². The molecule has 3 aliphatic heterocycles. The molecule has 4 N–H and O–H groups in total. The van der Waals surface area contributed by atoms with Crippen LogP contribution in [0, 0.1) is 0 Å². The van der Waals surface area contributed by atoms with Gasteiger partial charge in [-0.25, -0.2) is 9.59 Å². The summed E-state index contributed by atoms with van der Waals surface area (Å²) in [6, 6.07) is 6.70. The number of rotatable bonds is 9. The van der Waals surface area contributed by atoms with Gasteiger partial charge in [0.2, 0.25) is 5.91 Å². The van der Waals surface area contributed by atoms with Crippen molar-refractivity contribution in [1.82, 2.24) is 10.2 Å². The second-order valence-electron chi connectivity index (χ2n) is 11.4. The van der Waals surface area contributed by atoms with E-state index in [1.165, 1.54) is 6.07 Å². The van der Waals surface area contributed by atoms with Crippen molar-refractivity contribution in [3.8, 4) is 5.75 Å². The number of hydrogen-bond acceptors (Lipinski definition) is 9. The van der Waals surface area contributed by atoms with Crippen LogP contribution in [-0.2, 0) is 20.7 Å². The second kappa shape index (κ2) is 11.1. The van der Waals surface area contributed by atoms with Crippen molar-refractivity contribution in [1.29, 1.82) is 0 Å². The van der Waals surface area contributed by atoms with Crippen molar-refractivity contribution in [3.63, 3.8) is 0 Å². The fraction of sp³-hybridized carbons (Fsp3) is 0.452. The van der Waals surface area contributed by atoms with Crippen molar-refractivity contribution in [2.24, 2.45) is 5.73 Å². The number of carbonyl (C=O) groups excluding carboxylic acids is 2. The number of amides is 1. The number of aliphatic hydroxyl groups excluding tert-OH is 1. The van der Waals surface area contributed by atoms with Gasteiger partial charge in [-0.3, -0.25) is 4.79 Å². The van der Waals surface area contributed by atoms with Gasteiger partial charge in [-0.05, 0) is 62.1 Å². The number of nitrogens with one attached hydrogen (secondary N) is 1. The molecule has 1 fully saturated rings. The van der Waals surface area contributed by atoms with E-state index in [4.69, 9.17) is 19.6 Å². The highest BCUT2D eigenvalue weighted by molar-refractivity contribution is 5.88. The second-order valence-corrected chi connectivity index (χ2v) is 11.4. The third-order valence-corrected chi connectivity index (χ3v) is 8.36. The number of nitrogens with zero attached hydrogens (tertiary/aromatic N) is 1. The molecule has 4 heterocycles. The molecular formula is C31H37N3O7. The van der Waals surface area contributed by atoms with E-state index in [0.717, 1.165) is 41.6 Å². The van der Waals surface area contributed by atoms with Crippen LogP contribution >= 0.6 is 0 Å². The first-order valence-electron chi connectivity index (χ1n) is 14.0. The molecule has 0 unspecified atom stereocenters. The first-order chi connectivity index (χ1) is 19.5. The van der Waals surface area contributed by atoms with Crippen LogP contribution in [0.5, 0.6) is 5.75 Å². The van der Waals surface area contributed by atoms with Gasteiger partial charge in [-0.1, -0.05) is 6.08 Å². The molecule has 2 aromatic rings. The molecule has 218 valence electrons. The quantitative estimate of drug-likeness (QED) is 0.238. The Hall–Kier alpha value is -4.05. The van der Waals surface area contributed by atoms with E-state index < -0.39 is 22.8 Å². The Morgan fingerprint density at radius 3 is 2.73 bits per heavy atom. The minimum Gasteiger partial charge on any atom is -0.482 e. The molecule has 3 aliphatic rings. The SMILES string of the molecule is C/C=C(\CCO)C(=O)OC(C)(C)[C@]1(CC2=C(CC(=O)N3CCC3)CNC(N)=C2)Cc2cc3ccc(=O)oc3cc2O1. The Morgan fingerprint density at radius 1 is 1.27 bits per heavy atom. The fourth-order valence-corrected chi connectivity index (χ4v) is 5.64. The molecule has 0 radical (unpaired) electrons. The van der Waals surface area contributed by atoms with E-state index in [0.29, 0.717) is 42.1 Å². The monoisotopic (exact) mass is 563 g/mol. The fourth-order valence-electron chi connectivity index (χ4n) is 5.64. The Balaban J connectivity index is 1.56. The average molecular weight is 564 g/mol. The number of ether oxygens (including phenoxy) is 2. The van der Waals surface area contributed by atoms with Crippen molar-refractivity contribution < 1.29 is 28.6 Å². The van der Waals surface area contributed by atoms with Gasteiger partial charge < -0.3 is 34.9 Å². The lowest BCUT2D eigenvalue weighted by Gasteiger charge is -2.43. The van der Waals surface area contributed by atoms with Crippen molar-refractivity contribution in [2.75, 3.05) is 26.2 Å². The molecule has 0 aliphatic carbocycles. The lowest BCUT2D eigenvalue weighted by Crippen LogP contribution is -2.57. The molecule has 1 aromatic heterocycles. The van der Waals surface area contributed by atoms with Crippen molar-refractivity contribution in [3.05, 3.63) is 74.9 Å². The molecular weight excluding hydrogens is 526 g/mol. The largest absolute Gasteiger partial charge is 0.482 e.